The molecule has 39 heavy (non-hydrogen) atoms. The summed E-state index contributed by atoms with van der Waals surface area (Å²) >= 11 is 1.44. The largest absolute Gasteiger partial charge is 0.481 e. The number of aromatic amines is 1. The average Bonchev–Trinajstić information content (AvgIpc) is 3.38. The number of carbonyl (C=O) groups is 5. The smallest absolute Gasteiger partial charge is 0.326 e. The van der Waals surface area contributed by atoms with Gasteiger partial charge in [0.15, 0.2) is 5.96 Å². The number of amides is 3. The molecule has 0 saturated carbocycles. The van der Waals surface area contributed by atoms with E-state index in [0.717, 1.165) is 0 Å². The molecule has 0 aromatic carbocycles. The maximum Gasteiger partial charge on any atom is 0.326 e. The first-order valence-electron chi connectivity index (χ1n) is 12.1. The van der Waals surface area contributed by atoms with Crippen LogP contribution in [0, 0.1) is 0 Å². The summed E-state index contributed by atoms with van der Waals surface area (Å²) in [5, 5.41) is 25.7. The van der Waals surface area contributed by atoms with Gasteiger partial charge in [-0.1, -0.05) is 0 Å². The molecule has 0 spiro atoms. The minimum absolute atomic E-state index is 0.0299. The van der Waals surface area contributed by atoms with Gasteiger partial charge in [-0.2, -0.15) is 11.8 Å². The minimum Gasteiger partial charge on any atom is -0.481 e. The Morgan fingerprint density at radius 2 is 1.62 bits per heavy atom. The van der Waals surface area contributed by atoms with Crippen molar-refractivity contribution in [2.45, 2.75) is 62.7 Å². The zero-order chi connectivity index (χ0) is 29.4. The lowest BCUT2D eigenvalue weighted by atomic mass is 10.1. The SMILES string of the molecule is CSCCC(NC(=O)C(N)Cc1cnc[nH]1)C(=O)NC(CCCN=C(N)N)C(=O)NC(CCC(=O)O)C(=O)O. The first-order valence-corrected chi connectivity index (χ1v) is 13.5. The van der Waals surface area contributed by atoms with Crippen molar-refractivity contribution in [2.24, 2.45) is 22.2 Å². The Kier molecular flexibility index (Phi) is 15.0. The number of nitrogens with one attached hydrogen (secondary N) is 4. The lowest BCUT2D eigenvalue weighted by Gasteiger charge is -2.25. The van der Waals surface area contributed by atoms with Gasteiger partial charge in [0.25, 0.3) is 0 Å². The van der Waals surface area contributed by atoms with E-state index in [4.69, 9.17) is 22.3 Å². The Morgan fingerprint density at radius 1 is 1.00 bits per heavy atom. The number of carboxylic acids is 2. The fraction of sp³-hybridized carbons (Fsp3) is 0.591. The minimum atomic E-state index is -1.49. The first-order chi connectivity index (χ1) is 18.4. The van der Waals surface area contributed by atoms with E-state index in [-0.39, 0.29) is 44.6 Å². The van der Waals surface area contributed by atoms with Crippen molar-refractivity contribution in [1.82, 2.24) is 25.9 Å². The van der Waals surface area contributed by atoms with Crippen LogP contribution in [0.1, 0.15) is 37.8 Å². The number of H-pyrrole nitrogens is 1. The van der Waals surface area contributed by atoms with E-state index in [1.54, 1.807) is 0 Å². The molecule has 3 amide bonds. The average molecular weight is 572 g/mol. The molecule has 0 aliphatic heterocycles. The molecule has 1 aromatic heterocycles. The number of hydrogen-bond acceptors (Lipinski definition) is 9. The predicted octanol–water partition coefficient (Wildman–Crippen LogP) is -2.51. The van der Waals surface area contributed by atoms with Crippen LogP contribution in [0.5, 0.6) is 0 Å². The van der Waals surface area contributed by atoms with Gasteiger partial charge in [0.2, 0.25) is 17.7 Å². The normalized spacial score (nSPS) is 13.8. The van der Waals surface area contributed by atoms with Crippen LogP contribution in [0.15, 0.2) is 17.5 Å². The highest BCUT2D eigenvalue weighted by atomic mass is 32.2. The summed E-state index contributed by atoms with van der Waals surface area (Å²) < 4.78 is 0. The van der Waals surface area contributed by atoms with Crippen LogP contribution in [-0.4, -0.2) is 98.5 Å². The molecule has 0 saturated heterocycles. The van der Waals surface area contributed by atoms with E-state index in [1.165, 1.54) is 24.3 Å². The molecule has 0 aliphatic rings. The monoisotopic (exact) mass is 571 g/mol. The number of aliphatic carboxylic acids is 2. The Bertz CT molecular complexity index is 987. The molecule has 4 unspecified atom stereocenters. The number of carboxylic acid groups (broad SMARTS) is 2. The van der Waals surface area contributed by atoms with E-state index >= 15 is 0 Å². The van der Waals surface area contributed by atoms with Gasteiger partial charge in [-0.15, -0.1) is 0 Å². The molecular formula is C22H37N9O7S. The lowest BCUT2D eigenvalue weighted by molar-refractivity contribution is -0.143. The number of aromatic nitrogens is 2. The van der Waals surface area contributed by atoms with Crippen molar-refractivity contribution in [1.29, 1.82) is 0 Å². The quantitative estimate of drug-likeness (QED) is 0.0473. The molecule has 12 N–H and O–H groups in total. The fourth-order valence-corrected chi connectivity index (χ4v) is 3.82. The molecule has 17 heteroatoms. The van der Waals surface area contributed by atoms with Gasteiger partial charge in [-0.3, -0.25) is 24.2 Å². The van der Waals surface area contributed by atoms with E-state index in [9.17, 15) is 29.1 Å². The van der Waals surface area contributed by atoms with E-state index in [2.05, 4.69) is 30.9 Å². The fourth-order valence-electron chi connectivity index (χ4n) is 3.35. The van der Waals surface area contributed by atoms with Gasteiger partial charge < -0.3 is 48.3 Å². The van der Waals surface area contributed by atoms with Crippen LogP contribution in [0.2, 0.25) is 0 Å². The summed E-state index contributed by atoms with van der Waals surface area (Å²) in [4.78, 5) is 71.8. The molecule has 0 bridgehead atoms. The topological polar surface area (TPSA) is 281 Å². The van der Waals surface area contributed by atoms with Crippen molar-refractivity contribution >= 4 is 47.4 Å². The van der Waals surface area contributed by atoms with E-state index < -0.39 is 60.2 Å². The van der Waals surface area contributed by atoms with Gasteiger partial charge in [-0.05, 0) is 37.7 Å². The van der Waals surface area contributed by atoms with Gasteiger partial charge in [0.1, 0.15) is 18.1 Å². The molecule has 0 aliphatic carbocycles. The molecule has 1 aromatic rings. The number of nitrogens with two attached hydrogens (primary N) is 3. The second kappa shape index (κ2) is 17.6. The summed E-state index contributed by atoms with van der Waals surface area (Å²) in [7, 11) is 0. The summed E-state index contributed by atoms with van der Waals surface area (Å²) in [5.74, 6) is -4.40. The Balaban J connectivity index is 2.99. The highest BCUT2D eigenvalue weighted by Crippen LogP contribution is 2.07. The van der Waals surface area contributed by atoms with Crippen molar-refractivity contribution in [3.63, 3.8) is 0 Å². The van der Waals surface area contributed by atoms with Crippen LogP contribution in [0.4, 0.5) is 0 Å². The first kappa shape index (κ1) is 33.2. The Labute approximate surface area is 229 Å². The highest BCUT2D eigenvalue weighted by molar-refractivity contribution is 7.98. The number of hydrogen-bond donors (Lipinski definition) is 9. The molecule has 0 fully saturated rings. The van der Waals surface area contributed by atoms with Gasteiger partial charge in [-0.25, -0.2) is 9.78 Å². The number of carbonyl (C=O) groups excluding carboxylic acids is 3. The lowest BCUT2D eigenvalue weighted by Crippen LogP contribution is -2.57. The third kappa shape index (κ3) is 13.5. The Hall–Kier alpha value is -3.86. The van der Waals surface area contributed by atoms with Gasteiger partial charge >= 0.3 is 11.9 Å². The second-order valence-corrected chi connectivity index (χ2v) is 9.56. The molecule has 16 nitrogen and oxygen atoms in total. The van der Waals surface area contributed by atoms with Crippen molar-refractivity contribution in [3.05, 3.63) is 18.2 Å². The van der Waals surface area contributed by atoms with Crippen molar-refractivity contribution in [3.8, 4) is 0 Å². The number of nitrogens with zero attached hydrogens (tertiary/aromatic N) is 2. The molecule has 1 rings (SSSR count). The van der Waals surface area contributed by atoms with Crippen molar-refractivity contribution in [2.75, 3.05) is 18.6 Å². The van der Waals surface area contributed by atoms with Crippen LogP contribution in [-0.2, 0) is 30.4 Å². The molecule has 218 valence electrons. The maximum atomic E-state index is 13.2. The molecule has 0 radical (unpaired) electrons. The summed E-state index contributed by atoms with van der Waals surface area (Å²) in [6.45, 7) is 0.137. The van der Waals surface area contributed by atoms with Gasteiger partial charge in [0, 0.05) is 31.3 Å². The number of guanidine groups is 1. The van der Waals surface area contributed by atoms with E-state index in [0.29, 0.717) is 11.4 Å². The zero-order valence-corrected chi connectivity index (χ0v) is 22.4. The summed E-state index contributed by atoms with van der Waals surface area (Å²) in [6, 6.07) is -4.71. The molecular weight excluding hydrogens is 534 g/mol. The van der Waals surface area contributed by atoms with Crippen LogP contribution < -0.4 is 33.2 Å². The van der Waals surface area contributed by atoms with Crippen LogP contribution in [0.3, 0.4) is 0 Å². The van der Waals surface area contributed by atoms with Gasteiger partial charge in [0.05, 0.1) is 12.4 Å². The number of rotatable bonds is 19. The van der Waals surface area contributed by atoms with Crippen molar-refractivity contribution < 1.29 is 34.2 Å². The molecule has 1 heterocycles. The third-order valence-electron chi connectivity index (χ3n) is 5.41. The molecule has 4 atom stereocenters. The number of aliphatic imine (C=N–C) groups is 1. The standard InChI is InChI=1S/C22H37N9O7S/c1-39-8-6-15(29-18(34)13(23)9-12-10-26-11-28-12)20(36)30-14(3-2-7-27-22(24)25)19(35)31-16(21(37)38)4-5-17(32)33/h10-11,13-16H,2-9,23H2,1H3,(H,26,28)(H,29,34)(H,30,36)(H,31,35)(H,32,33)(H,37,38)(H4,24,25,27). The Morgan fingerprint density at radius 3 is 2.15 bits per heavy atom. The number of thioether (sulfide) groups is 1. The summed E-state index contributed by atoms with van der Waals surface area (Å²) in [6.07, 6.45) is 4.62. The van der Waals surface area contributed by atoms with Crippen LogP contribution >= 0.6 is 11.8 Å². The van der Waals surface area contributed by atoms with E-state index in [1.807, 2.05) is 6.26 Å². The zero-order valence-electron chi connectivity index (χ0n) is 21.6. The predicted molar refractivity (Wildman–Crippen MR) is 143 cm³/mol. The van der Waals surface area contributed by atoms with Crippen LogP contribution in [0.25, 0.3) is 0 Å². The third-order valence-corrected chi connectivity index (χ3v) is 6.06. The second-order valence-electron chi connectivity index (χ2n) is 8.57. The highest BCUT2D eigenvalue weighted by Gasteiger charge is 2.30. The number of imidazole rings is 1. The summed E-state index contributed by atoms with van der Waals surface area (Å²) in [5.41, 5.74) is 17.2. The maximum absolute atomic E-state index is 13.2.